The van der Waals surface area contributed by atoms with Crippen molar-refractivity contribution in [3.8, 4) is 0 Å². The molecule has 0 bridgehead atoms. The van der Waals surface area contributed by atoms with Gasteiger partial charge < -0.3 is 9.80 Å². The molecular weight excluding hydrogens is 271 g/mol. The van der Waals surface area contributed by atoms with Crippen molar-refractivity contribution in [2.24, 2.45) is 5.92 Å². The molecule has 1 aromatic carbocycles. The topological polar surface area (TPSA) is 40.6 Å². The molecule has 2 fully saturated rings. The smallest absolute Gasteiger partial charge is 0.228 e. The van der Waals surface area contributed by atoms with Crippen molar-refractivity contribution < 1.29 is 14.0 Å². The Morgan fingerprint density at radius 1 is 1.14 bits per heavy atom. The van der Waals surface area contributed by atoms with Crippen LogP contribution in [0.5, 0.6) is 0 Å². The van der Waals surface area contributed by atoms with Gasteiger partial charge in [0.15, 0.2) is 0 Å². The molecule has 4 nitrogen and oxygen atoms in total. The summed E-state index contributed by atoms with van der Waals surface area (Å²) in [5.41, 5.74) is 0.274. The number of halogens is 1. The SMILES string of the molecule is O=C(C1CC(=O)N(c2ccccc2F)C1)N1CCCCC1. The van der Waals surface area contributed by atoms with Crippen LogP contribution in [-0.4, -0.2) is 36.3 Å². The van der Waals surface area contributed by atoms with Crippen molar-refractivity contribution in [3.63, 3.8) is 0 Å². The van der Waals surface area contributed by atoms with Crippen LogP contribution in [-0.2, 0) is 9.59 Å². The third kappa shape index (κ3) is 2.77. The van der Waals surface area contributed by atoms with Crippen LogP contribution in [0.15, 0.2) is 24.3 Å². The minimum Gasteiger partial charge on any atom is -0.342 e. The number of likely N-dealkylation sites (tertiary alicyclic amines) is 1. The van der Waals surface area contributed by atoms with Crippen molar-refractivity contribution in [2.75, 3.05) is 24.5 Å². The first-order valence-corrected chi connectivity index (χ1v) is 7.50. The first-order chi connectivity index (χ1) is 10.2. The van der Waals surface area contributed by atoms with Gasteiger partial charge in [-0.1, -0.05) is 12.1 Å². The highest BCUT2D eigenvalue weighted by Gasteiger charge is 2.38. The Balaban J connectivity index is 1.72. The maximum Gasteiger partial charge on any atom is 0.228 e. The summed E-state index contributed by atoms with van der Waals surface area (Å²) < 4.78 is 13.8. The molecule has 0 saturated carbocycles. The predicted octanol–water partition coefficient (Wildman–Crippen LogP) is 2.19. The molecule has 5 heteroatoms. The van der Waals surface area contributed by atoms with Gasteiger partial charge in [-0.05, 0) is 31.4 Å². The highest BCUT2D eigenvalue weighted by atomic mass is 19.1. The molecule has 1 aromatic rings. The second kappa shape index (κ2) is 5.84. The molecule has 2 heterocycles. The second-order valence-corrected chi connectivity index (χ2v) is 5.74. The van der Waals surface area contributed by atoms with Gasteiger partial charge in [-0.3, -0.25) is 9.59 Å². The van der Waals surface area contributed by atoms with Crippen molar-refractivity contribution in [2.45, 2.75) is 25.7 Å². The average Bonchev–Trinajstić information content (AvgIpc) is 2.90. The lowest BCUT2D eigenvalue weighted by atomic mass is 10.0. The van der Waals surface area contributed by atoms with Gasteiger partial charge in [0.2, 0.25) is 11.8 Å². The number of nitrogens with zero attached hydrogens (tertiary/aromatic N) is 2. The molecule has 0 aliphatic carbocycles. The van der Waals surface area contributed by atoms with Gasteiger partial charge in [0.1, 0.15) is 5.82 Å². The van der Waals surface area contributed by atoms with Gasteiger partial charge in [-0.15, -0.1) is 0 Å². The minimum absolute atomic E-state index is 0.0434. The maximum atomic E-state index is 13.8. The van der Waals surface area contributed by atoms with E-state index in [4.69, 9.17) is 0 Å². The van der Waals surface area contributed by atoms with Gasteiger partial charge in [0.05, 0.1) is 11.6 Å². The fourth-order valence-electron chi connectivity index (χ4n) is 3.15. The van der Waals surface area contributed by atoms with E-state index in [0.717, 1.165) is 32.4 Å². The second-order valence-electron chi connectivity index (χ2n) is 5.74. The monoisotopic (exact) mass is 290 g/mol. The highest BCUT2D eigenvalue weighted by molar-refractivity contribution is 6.00. The van der Waals surface area contributed by atoms with Crippen LogP contribution in [0, 0.1) is 11.7 Å². The highest BCUT2D eigenvalue weighted by Crippen LogP contribution is 2.28. The number of amides is 2. The molecule has 1 atom stereocenters. The van der Waals surface area contributed by atoms with E-state index in [1.165, 1.54) is 11.0 Å². The quantitative estimate of drug-likeness (QED) is 0.837. The summed E-state index contributed by atoms with van der Waals surface area (Å²) >= 11 is 0. The van der Waals surface area contributed by atoms with Gasteiger partial charge in [0, 0.05) is 26.1 Å². The summed E-state index contributed by atoms with van der Waals surface area (Å²) in [7, 11) is 0. The van der Waals surface area contributed by atoms with Gasteiger partial charge in [-0.25, -0.2) is 4.39 Å². The van der Waals surface area contributed by atoms with Crippen LogP contribution in [0.2, 0.25) is 0 Å². The standard InChI is InChI=1S/C16H19FN2O2/c17-13-6-2-3-7-14(13)19-11-12(10-15(19)20)16(21)18-8-4-1-5-9-18/h2-3,6-7,12H,1,4-5,8-11H2. The van der Waals surface area contributed by atoms with E-state index in [-0.39, 0.29) is 36.4 Å². The fraction of sp³-hybridized carbons (Fsp3) is 0.500. The van der Waals surface area contributed by atoms with Crippen molar-refractivity contribution in [1.82, 2.24) is 4.90 Å². The van der Waals surface area contributed by atoms with E-state index in [0.29, 0.717) is 0 Å². The molecular formula is C16H19FN2O2. The summed E-state index contributed by atoms with van der Waals surface area (Å²) in [4.78, 5) is 27.8. The predicted molar refractivity (Wildman–Crippen MR) is 77.3 cm³/mol. The average molecular weight is 290 g/mol. The summed E-state index contributed by atoms with van der Waals surface area (Å²) in [6.45, 7) is 1.85. The Morgan fingerprint density at radius 2 is 1.86 bits per heavy atom. The minimum atomic E-state index is -0.420. The molecule has 2 saturated heterocycles. The third-order valence-electron chi connectivity index (χ3n) is 4.29. The largest absolute Gasteiger partial charge is 0.342 e. The lowest BCUT2D eigenvalue weighted by Crippen LogP contribution is -2.40. The Labute approximate surface area is 123 Å². The third-order valence-corrected chi connectivity index (χ3v) is 4.29. The zero-order chi connectivity index (χ0) is 14.8. The first kappa shape index (κ1) is 14.0. The molecule has 0 N–H and O–H groups in total. The van der Waals surface area contributed by atoms with Gasteiger partial charge >= 0.3 is 0 Å². The molecule has 2 aliphatic rings. The molecule has 2 aliphatic heterocycles. The van der Waals surface area contributed by atoms with Gasteiger partial charge in [0.25, 0.3) is 0 Å². The Hall–Kier alpha value is -1.91. The summed E-state index contributed by atoms with van der Waals surface area (Å²) in [5, 5.41) is 0. The Morgan fingerprint density at radius 3 is 2.57 bits per heavy atom. The van der Waals surface area contributed by atoms with Gasteiger partial charge in [-0.2, -0.15) is 0 Å². The number of anilines is 1. The summed E-state index contributed by atoms with van der Waals surface area (Å²) in [5.74, 6) is -0.885. The number of rotatable bonds is 2. The molecule has 0 radical (unpaired) electrons. The number of para-hydroxylation sites is 1. The normalized spacial score (nSPS) is 22.7. The molecule has 3 rings (SSSR count). The fourth-order valence-corrected chi connectivity index (χ4v) is 3.15. The lowest BCUT2D eigenvalue weighted by molar-refractivity contribution is -0.136. The van der Waals surface area contributed by atoms with Crippen LogP contribution >= 0.6 is 0 Å². The Kier molecular flexibility index (Phi) is 3.90. The van der Waals surface area contributed by atoms with Crippen LogP contribution in [0.4, 0.5) is 10.1 Å². The number of hydrogen-bond donors (Lipinski definition) is 0. The van der Waals surface area contributed by atoms with E-state index in [1.54, 1.807) is 18.2 Å². The molecule has 1 unspecified atom stereocenters. The lowest BCUT2D eigenvalue weighted by Gasteiger charge is -2.29. The number of hydrogen-bond acceptors (Lipinski definition) is 2. The summed E-state index contributed by atoms with van der Waals surface area (Å²) in [6.07, 6.45) is 3.41. The first-order valence-electron chi connectivity index (χ1n) is 7.50. The van der Waals surface area contributed by atoms with E-state index >= 15 is 0 Å². The van der Waals surface area contributed by atoms with Crippen LogP contribution in [0.1, 0.15) is 25.7 Å². The van der Waals surface area contributed by atoms with Crippen molar-refractivity contribution in [3.05, 3.63) is 30.1 Å². The van der Waals surface area contributed by atoms with Crippen molar-refractivity contribution in [1.29, 1.82) is 0 Å². The molecule has 2 amide bonds. The van der Waals surface area contributed by atoms with Crippen LogP contribution < -0.4 is 4.90 Å². The zero-order valence-corrected chi connectivity index (χ0v) is 11.9. The van der Waals surface area contributed by atoms with E-state index < -0.39 is 5.82 Å². The van der Waals surface area contributed by atoms with E-state index in [1.807, 2.05) is 4.90 Å². The number of benzene rings is 1. The molecule has 0 spiro atoms. The summed E-state index contributed by atoms with van der Waals surface area (Å²) in [6, 6.07) is 6.21. The molecule has 112 valence electrons. The maximum absolute atomic E-state index is 13.8. The number of carbonyl (C=O) groups excluding carboxylic acids is 2. The van der Waals surface area contributed by atoms with Crippen molar-refractivity contribution >= 4 is 17.5 Å². The van der Waals surface area contributed by atoms with Crippen LogP contribution in [0.3, 0.4) is 0 Å². The number of carbonyl (C=O) groups is 2. The molecule has 21 heavy (non-hydrogen) atoms. The number of piperidine rings is 1. The zero-order valence-electron chi connectivity index (χ0n) is 11.9. The van der Waals surface area contributed by atoms with Crippen LogP contribution in [0.25, 0.3) is 0 Å². The molecule has 0 aromatic heterocycles. The Bertz CT molecular complexity index is 555. The van der Waals surface area contributed by atoms with E-state index in [2.05, 4.69) is 0 Å². The van der Waals surface area contributed by atoms with E-state index in [9.17, 15) is 14.0 Å².